The molecule has 0 aliphatic carbocycles. The molecule has 0 fully saturated rings. The van der Waals surface area contributed by atoms with Gasteiger partial charge in [0.15, 0.2) is 5.65 Å². The zero-order valence-electron chi connectivity index (χ0n) is 17.4. The Labute approximate surface area is 181 Å². The zero-order valence-corrected chi connectivity index (χ0v) is 17.4. The van der Waals surface area contributed by atoms with Gasteiger partial charge in [0.25, 0.3) is 5.91 Å². The molecule has 0 bridgehead atoms. The van der Waals surface area contributed by atoms with Crippen LogP contribution in [0.5, 0.6) is 5.88 Å². The number of rotatable bonds is 4. The van der Waals surface area contributed by atoms with Gasteiger partial charge >= 0.3 is 6.18 Å². The van der Waals surface area contributed by atoms with Gasteiger partial charge in [0.2, 0.25) is 5.88 Å². The first kappa shape index (κ1) is 21.3. The molecular weight excluding hydrogens is 423 g/mol. The minimum atomic E-state index is -4.42. The summed E-state index contributed by atoms with van der Waals surface area (Å²) >= 11 is 0. The van der Waals surface area contributed by atoms with Crippen LogP contribution in [-0.4, -0.2) is 39.4 Å². The third kappa shape index (κ3) is 3.86. The highest BCUT2D eigenvalue weighted by Crippen LogP contribution is 2.31. The van der Waals surface area contributed by atoms with Crippen molar-refractivity contribution in [2.24, 2.45) is 0 Å². The van der Waals surface area contributed by atoms with Gasteiger partial charge in [0, 0.05) is 24.4 Å². The molecule has 0 saturated carbocycles. The Hall–Kier alpha value is -3.95. The average Bonchev–Trinajstić information content (AvgIpc) is 3.20. The van der Waals surface area contributed by atoms with E-state index < -0.39 is 11.7 Å². The summed E-state index contributed by atoms with van der Waals surface area (Å²) in [4.78, 5) is 27.0. The monoisotopic (exact) mass is 441 g/mol. The Morgan fingerprint density at radius 1 is 1.06 bits per heavy atom. The number of amides is 1. The number of alkyl halides is 3. The van der Waals surface area contributed by atoms with E-state index in [1.807, 2.05) is 6.92 Å². The summed E-state index contributed by atoms with van der Waals surface area (Å²) in [5, 5.41) is 0. The number of benzene rings is 1. The number of nitrogens with zero attached hydrogens (tertiary/aromatic N) is 5. The Morgan fingerprint density at radius 2 is 1.78 bits per heavy atom. The van der Waals surface area contributed by atoms with Gasteiger partial charge in [-0.3, -0.25) is 9.20 Å². The van der Waals surface area contributed by atoms with Crippen LogP contribution in [0, 0.1) is 6.92 Å². The molecule has 4 rings (SSSR count). The molecule has 1 amide bonds. The molecular formula is C22H18F3N5O2. The minimum Gasteiger partial charge on any atom is -0.481 e. The highest BCUT2D eigenvalue weighted by atomic mass is 19.4. The number of aryl methyl sites for hydroxylation is 1. The first-order chi connectivity index (χ1) is 15.2. The summed E-state index contributed by atoms with van der Waals surface area (Å²) in [6, 6.07) is 6.52. The van der Waals surface area contributed by atoms with Crippen molar-refractivity contribution in [2.45, 2.75) is 13.1 Å². The van der Waals surface area contributed by atoms with Crippen molar-refractivity contribution in [1.29, 1.82) is 0 Å². The maximum Gasteiger partial charge on any atom is 0.416 e. The lowest BCUT2D eigenvalue weighted by Crippen LogP contribution is -2.27. The molecule has 0 aliphatic heterocycles. The summed E-state index contributed by atoms with van der Waals surface area (Å²) in [5.41, 5.74) is 2.25. The average molecular weight is 441 g/mol. The zero-order chi connectivity index (χ0) is 23.0. The molecule has 1 aromatic carbocycles. The number of hydrogen-bond donors (Lipinski definition) is 0. The van der Waals surface area contributed by atoms with Gasteiger partial charge in [-0.05, 0) is 25.1 Å². The summed E-state index contributed by atoms with van der Waals surface area (Å²) in [7, 11) is 3.12. The fraction of sp³-hybridized carbons (Fsp3) is 0.182. The van der Waals surface area contributed by atoms with Crippen molar-refractivity contribution < 1.29 is 22.7 Å². The number of carbonyl (C=O) groups excluding carboxylic acids is 1. The molecule has 0 spiro atoms. The van der Waals surface area contributed by atoms with Crippen molar-refractivity contribution >= 4 is 17.2 Å². The van der Waals surface area contributed by atoms with Crippen molar-refractivity contribution in [3.05, 3.63) is 71.9 Å². The SMILES string of the molecule is COc1ncc(N(C)C(=O)c2cn3c(-c4ccc(C(F)(F)F)cc4)cnc3cn2)cc1C. The number of pyridine rings is 1. The van der Waals surface area contributed by atoms with Crippen LogP contribution in [0.4, 0.5) is 18.9 Å². The number of methoxy groups -OCH3 is 1. The molecule has 7 nitrogen and oxygen atoms in total. The molecule has 0 unspecified atom stereocenters. The van der Waals surface area contributed by atoms with Crippen LogP contribution >= 0.6 is 0 Å². The summed E-state index contributed by atoms with van der Waals surface area (Å²) < 4.78 is 45.3. The number of carbonyl (C=O) groups is 1. The molecule has 0 N–H and O–H groups in total. The van der Waals surface area contributed by atoms with Gasteiger partial charge in [-0.2, -0.15) is 13.2 Å². The smallest absolute Gasteiger partial charge is 0.416 e. The fourth-order valence-corrected chi connectivity index (χ4v) is 3.28. The first-order valence-electron chi connectivity index (χ1n) is 9.48. The van der Waals surface area contributed by atoms with Gasteiger partial charge in [0.05, 0.1) is 42.6 Å². The molecule has 3 heterocycles. The Morgan fingerprint density at radius 3 is 2.41 bits per heavy atom. The fourth-order valence-electron chi connectivity index (χ4n) is 3.28. The van der Waals surface area contributed by atoms with E-state index in [1.54, 1.807) is 17.5 Å². The second kappa shape index (κ2) is 7.95. The number of aromatic nitrogens is 4. The molecule has 4 aromatic rings. The molecule has 10 heteroatoms. The number of ether oxygens (including phenoxy) is 1. The van der Waals surface area contributed by atoms with Crippen LogP contribution in [-0.2, 0) is 6.18 Å². The van der Waals surface area contributed by atoms with Crippen molar-refractivity contribution in [1.82, 2.24) is 19.4 Å². The molecule has 0 atom stereocenters. The standard InChI is InChI=1S/C22H18F3N5O2/c1-13-8-16(9-28-20(13)32-3)29(2)21(31)17-12-30-18(10-27-19(30)11-26-17)14-4-6-15(7-5-14)22(23,24)25/h4-12H,1-3H3. The summed E-state index contributed by atoms with van der Waals surface area (Å²) in [6.07, 6.45) is 1.58. The van der Waals surface area contributed by atoms with Crippen molar-refractivity contribution in [2.75, 3.05) is 19.1 Å². The van der Waals surface area contributed by atoms with Gasteiger partial charge < -0.3 is 9.64 Å². The van der Waals surface area contributed by atoms with E-state index in [-0.39, 0.29) is 11.6 Å². The second-order valence-electron chi connectivity index (χ2n) is 7.10. The lowest BCUT2D eigenvalue weighted by atomic mass is 10.1. The Balaban J connectivity index is 1.68. The van der Waals surface area contributed by atoms with Gasteiger partial charge in [-0.1, -0.05) is 12.1 Å². The largest absolute Gasteiger partial charge is 0.481 e. The third-order valence-electron chi connectivity index (χ3n) is 5.02. The van der Waals surface area contributed by atoms with E-state index in [9.17, 15) is 18.0 Å². The molecule has 0 radical (unpaired) electrons. The predicted molar refractivity (Wildman–Crippen MR) is 112 cm³/mol. The minimum absolute atomic E-state index is 0.139. The third-order valence-corrected chi connectivity index (χ3v) is 5.02. The topological polar surface area (TPSA) is 72.6 Å². The number of anilines is 1. The molecule has 0 aliphatic rings. The van der Waals surface area contributed by atoms with E-state index in [1.165, 1.54) is 48.9 Å². The van der Waals surface area contributed by atoms with Crippen LogP contribution in [0.2, 0.25) is 0 Å². The first-order valence-corrected chi connectivity index (χ1v) is 9.48. The lowest BCUT2D eigenvalue weighted by Gasteiger charge is -2.18. The van der Waals surface area contributed by atoms with Crippen molar-refractivity contribution in [3.8, 4) is 17.1 Å². The number of hydrogen-bond acceptors (Lipinski definition) is 5. The van der Waals surface area contributed by atoms with E-state index in [0.717, 1.165) is 17.7 Å². The van der Waals surface area contributed by atoms with Crippen LogP contribution in [0.1, 0.15) is 21.6 Å². The highest BCUT2D eigenvalue weighted by molar-refractivity contribution is 6.04. The van der Waals surface area contributed by atoms with E-state index in [2.05, 4.69) is 15.0 Å². The number of halogens is 3. The normalized spacial score (nSPS) is 11.6. The maximum atomic E-state index is 13.0. The van der Waals surface area contributed by atoms with Crippen LogP contribution in [0.25, 0.3) is 16.9 Å². The molecule has 0 saturated heterocycles. The number of fused-ring (bicyclic) bond motifs is 1. The van der Waals surface area contributed by atoms with E-state index in [0.29, 0.717) is 28.5 Å². The Kier molecular flexibility index (Phi) is 5.29. The highest BCUT2D eigenvalue weighted by Gasteiger charge is 2.30. The molecule has 3 aromatic heterocycles. The second-order valence-corrected chi connectivity index (χ2v) is 7.10. The quantitative estimate of drug-likeness (QED) is 0.469. The van der Waals surface area contributed by atoms with E-state index in [4.69, 9.17) is 4.74 Å². The Bertz CT molecular complexity index is 1300. The van der Waals surface area contributed by atoms with Crippen LogP contribution in [0.3, 0.4) is 0 Å². The van der Waals surface area contributed by atoms with Gasteiger partial charge in [-0.15, -0.1) is 0 Å². The van der Waals surface area contributed by atoms with Crippen LogP contribution in [0.15, 0.2) is 55.1 Å². The van der Waals surface area contributed by atoms with Crippen molar-refractivity contribution in [3.63, 3.8) is 0 Å². The summed E-state index contributed by atoms with van der Waals surface area (Å²) in [6.45, 7) is 1.82. The predicted octanol–water partition coefficient (Wildman–Crippen LogP) is 4.40. The summed E-state index contributed by atoms with van der Waals surface area (Å²) in [5.74, 6) is 0.0825. The number of imidazole rings is 1. The maximum absolute atomic E-state index is 13.0. The lowest BCUT2D eigenvalue weighted by molar-refractivity contribution is -0.137. The molecule has 32 heavy (non-hydrogen) atoms. The van der Waals surface area contributed by atoms with Gasteiger partial charge in [-0.25, -0.2) is 15.0 Å². The van der Waals surface area contributed by atoms with Crippen LogP contribution < -0.4 is 9.64 Å². The van der Waals surface area contributed by atoms with Gasteiger partial charge in [0.1, 0.15) is 5.69 Å². The van der Waals surface area contributed by atoms with E-state index >= 15 is 0 Å². The molecule has 164 valence electrons.